The van der Waals surface area contributed by atoms with Crippen LogP contribution in [-0.4, -0.2) is 31.2 Å². The van der Waals surface area contributed by atoms with Crippen LogP contribution in [0.4, 0.5) is 4.79 Å². The van der Waals surface area contributed by atoms with Crippen LogP contribution in [0, 0.1) is 0 Å². The van der Waals surface area contributed by atoms with Gasteiger partial charge >= 0.3 is 6.03 Å². The molecule has 6 nitrogen and oxygen atoms in total. The number of nitrogens with zero attached hydrogens (tertiary/aromatic N) is 4. The Morgan fingerprint density at radius 1 is 1.12 bits per heavy atom. The summed E-state index contributed by atoms with van der Waals surface area (Å²) in [6, 6.07) is 0.394. The lowest BCUT2D eigenvalue weighted by atomic mass is 10.8. The highest BCUT2D eigenvalue weighted by atomic mass is 35.5. The molecule has 0 amide bonds. The fraction of sp³-hybridized carbons (Fsp3) is 0.300. The second-order valence-electron chi connectivity index (χ2n) is 3.56. The Balaban J connectivity index is 0.000000247. The summed E-state index contributed by atoms with van der Waals surface area (Å²) in [5.41, 5.74) is 5.22. The van der Waals surface area contributed by atoms with Crippen molar-refractivity contribution in [1.82, 2.24) is 19.1 Å². The van der Waals surface area contributed by atoms with Crippen molar-refractivity contribution >= 4 is 18.4 Å². The molecule has 1 aliphatic rings. The molecule has 0 aromatic carbocycles. The third-order valence-electron chi connectivity index (χ3n) is 2.07. The molecule has 2 heterocycles. The molecule has 7 heteroatoms. The Bertz CT molecular complexity index is 399. The topological polar surface area (TPSA) is 78.7 Å². The van der Waals surface area contributed by atoms with Crippen LogP contribution in [0.1, 0.15) is 12.8 Å². The molecule has 92 valence electrons. The Morgan fingerprint density at radius 2 is 1.53 bits per heavy atom. The lowest BCUT2D eigenvalue weighted by Crippen LogP contribution is -2.15. The smallest absolute Gasteiger partial charge is 0.328 e. The second kappa shape index (κ2) is 6.17. The molecule has 1 aliphatic carbocycles. The number of rotatable bonds is 0. The van der Waals surface area contributed by atoms with E-state index >= 15 is 0 Å². The predicted octanol–water partition coefficient (Wildman–Crippen LogP) is 1.13. The summed E-state index contributed by atoms with van der Waals surface area (Å²) in [6.45, 7) is 0. The number of imidazole rings is 2. The summed E-state index contributed by atoms with van der Waals surface area (Å²) in [5.74, 6) is 0. The lowest BCUT2D eigenvalue weighted by Gasteiger charge is -1.98. The zero-order valence-electron chi connectivity index (χ0n) is 9.14. The van der Waals surface area contributed by atoms with E-state index in [1.165, 1.54) is 34.6 Å². The van der Waals surface area contributed by atoms with Crippen molar-refractivity contribution in [2.24, 2.45) is 5.73 Å². The summed E-state index contributed by atoms with van der Waals surface area (Å²) in [5, 5.41) is 0. The first-order valence-corrected chi connectivity index (χ1v) is 5.03. The first-order valence-electron chi connectivity index (χ1n) is 5.03. The normalized spacial score (nSPS) is 13.2. The molecule has 1 saturated carbocycles. The van der Waals surface area contributed by atoms with Gasteiger partial charge in [0.15, 0.2) is 0 Å². The van der Waals surface area contributed by atoms with Gasteiger partial charge < -0.3 is 5.73 Å². The van der Waals surface area contributed by atoms with Gasteiger partial charge in [0, 0.05) is 30.8 Å². The van der Waals surface area contributed by atoms with Crippen LogP contribution in [0.25, 0.3) is 0 Å². The molecule has 1 fully saturated rings. The lowest BCUT2D eigenvalue weighted by molar-refractivity contribution is 0.244. The van der Waals surface area contributed by atoms with Crippen LogP contribution < -0.4 is 5.73 Å². The molecule has 3 rings (SSSR count). The van der Waals surface area contributed by atoms with Gasteiger partial charge in [-0.05, 0) is 12.8 Å². The third-order valence-corrected chi connectivity index (χ3v) is 2.07. The van der Waals surface area contributed by atoms with Gasteiger partial charge in [-0.2, -0.15) is 0 Å². The van der Waals surface area contributed by atoms with Crippen molar-refractivity contribution in [3.63, 3.8) is 0 Å². The van der Waals surface area contributed by atoms with Crippen molar-refractivity contribution in [3.8, 4) is 0 Å². The van der Waals surface area contributed by atoms with Crippen molar-refractivity contribution in [3.05, 3.63) is 37.4 Å². The van der Waals surface area contributed by atoms with Crippen LogP contribution in [0.3, 0.4) is 0 Å². The highest BCUT2D eigenvalue weighted by Gasteiger charge is 2.13. The summed E-state index contributed by atoms with van der Waals surface area (Å²) < 4.78 is 2.75. The molecule has 0 saturated heterocycles. The molecule has 0 bridgehead atoms. The summed E-state index contributed by atoms with van der Waals surface area (Å²) in [4.78, 5) is 18.9. The third kappa shape index (κ3) is 4.01. The van der Waals surface area contributed by atoms with Gasteiger partial charge in [0.2, 0.25) is 0 Å². The maximum Gasteiger partial charge on any atom is 0.338 e. The van der Waals surface area contributed by atoms with Crippen molar-refractivity contribution in [1.29, 1.82) is 0 Å². The average Bonchev–Trinajstić information content (AvgIpc) is 2.88. The molecular weight excluding hydrogens is 242 g/mol. The fourth-order valence-electron chi connectivity index (χ4n) is 0.974. The Kier molecular flexibility index (Phi) is 4.86. The quantitative estimate of drug-likeness (QED) is 0.765. The fourth-order valence-corrected chi connectivity index (χ4v) is 0.974. The molecule has 0 unspecified atom stereocenters. The van der Waals surface area contributed by atoms with E-state index in [-0.39, 0.29) is 18.4 Å². The Labute approximate surface area is 105 Å². The molecule has 0 atom stereocenters. The minimum Gasteiger partial charge on any atom is -0.328 e. The molecule has 2 aromatic heterocycles. The number of hydrogen-bond acceptors (Lipinski definition) is 4. The second-order valence-corrected chi connectivity index (χ2v) is 3.56. The molecule has 2 N–H and O–H groups in total. The highest BCUT2D eigenvalue weighted by molar-refractivity contribution is 5.85. The van der Waals surface area contributed by atoms with Crippen LogP contribution in [0.15, 0.2) is 37.4 Å². The first kappa shape index (κ1) is 13.4. The van der Waals surface area contributed by atoms with Crippen LogP contribution in [-0.2, 0) is 0 Å². The first-order chi connectivity index (χ1) is 7.77. The predicted molar refractivity (Wildman–Crippen MR) is 65.1 cm³/mol. The van der Waals surface area contributed by atoms with Gasteiger partial charge in [-0.3, -0.25) is 9.13 Å². The van der Waals surface area contributed by atoms with Crippen LogP contribution in [0.2, 0.25) is 0 Å². The van der Waals surface area contributed by atoms with Crippen molar-refractivity contribution in [2.75, 3.05) is 0 Å². The zero-order chi connectivity index (χ0) is 11.4. The number of hydrogen-bond donors (Lipinski definition) is 1. The van der Waals surface area contributed by atoms with E-state index in [0.29, 0.717) is 6.04 Å². The monoisotopic (exact) mass is 255 g/mol. The van der Waals surface area contributed by atoms with Gasteiger partial charge in [0.25, 0.3) is 0 Å². The van der Waals surface area contributed by atoms with E-state index in [1.807, 2.05) is 0 Å². The Hall–Kier alpha value is -1.66. The van der Waals surface area contributed by atoms with Crippen molar-refractivity contribution in [2.45, 2.75) is 18.9 Å². The molecule has 2 aromatic rings. The number of halogens is 1. The van der Waals surface area contributed by atoms with E-state index in [9.17, 15) is 4.79 Å². The summed E-state index contributed by atoms with van der Waals surface area (Å²) in [7, 11) is 0. The van der Waals surface area contributed by atoms with Crippen LogP contribution >= 0.6 is 12.4 Å². The standard InChI is InChI=1S/C7H6N4O.C3H7N.ClH/c12-7(10-3-1-8-5-10)11-4-2-9-6-11;4-3-1-2-3;/h1-6H;3H,1-2,4H2;1H. The van der Waals surface area contributed by atoms with Gasteiger partial charge in [-0.1, -0.05) is 0 Å². The SMILES string of the molecule is Cl.NC1CC1.O=C(n1ccnc1)n1ccnc1. The number of aromatic nitrogens is 4. The van der Waals surface area contributed by atoms with E-state index < -0.39 is 0 Å². The molecular formula is C10H14ClN5O. The number of carbonyl (C=O) groups excluding carboxylic acids is 1. The molecule has 0 radical (unpaired) electrons. The zero-order valence-corrected chi connectivity index (χ0v) is 9.95. The Morgan fingerprint density at radius 3 is 1.76 bits per heavy atom. The summed E-state index contributed by atoms with van der Waals surface area (Å²) >= 11 is 0. The van der Waals surface area contributed by atoms with Gasteiger partial charge in [-0.25, -0.2) is 14.8 Å². The van der Waals surface area contributed by atoms with Gasteiger partial charge in [0.05, 0.1) is 0 Å². The van der Waals surface area contributed by atoms with E-state index in [2.05, 4.69) is 9.97 Å². The number of nitrogens with two attached hydrogens (primary N) is 1. The number of carbonyl (C=O) groups is 1. The van der Waals surface area contributed by atoms with Crippen molar-refractivity contribution < 1.29 is 4.79 Å². The van der Waals surface area contributed by atoms with E-state index in [4.69, 9.17) is 5.73 Å². The molecule has 17 heavy (non-hydrogen) atoms. The maximum atomic E-state index is 11.4. The average molecular weight is 256 g/mol. The largest absolute Gasteiger partial charge is 0.338 e. The van der Waals surface area contributed by atoms with Gasteiger partial charge in [0.1, 0.15) is 12.7 Å². The molecule has 0 aliphatic heterocycles. The minimum absolute atomic E-state index is 0. The van der Waals surface area contributed by atoms with E-state index in [1.54, 1.807) is 24.8 Å². The van der Waals surface area contributed by atoms with Gasteiger partial charge in [-0.15, -0.1) is 12.4 Å². The molecule has 0 spiro atoms. The van der Waals surface area contributed by atoms with E-state index in [0.717, 1.165) is 0 Å². The minimum atomic E-state index is -0.190. The maximum absolute atomic E-state index is 11.4. The van der Waals surface area contributed by atoms with Crippen LogP contribution in [0.5, 0.6) is 0 Å². The highest BCUT2D eigenvalue weighted by Crippen LogP contribution is 2.13. The summed E-state index contributed by atoms with van der Waals surface area (Å²) in [6.07, 6.45) is 11.7.